The predicted molar refractivity (Wildman–Crippen MR) is 51.4 cm³/mol. The van der Waals surface area contributed by atoms with Crippen molar-refractivity contribution in [3.63, 3.8) is 0 Å². The van der Waals surface area contributed by atoms with Crippen LogP contribution in [-0.2, 0) is 4.79 Å². The van der Waals surface area contributed by atoms with E-state index < -0.39 is 18.0 Å². The Morgan fingerprint density at radius 2 is 1.62 bits per heavy atom. The molecule has 0 radical (unpaired) electrons. The average Bonchev–Trinajstić information content (AvgIpc) is 1.98. The number of carbonyl (C=O) groups is 1. The van der Waals surface area contributed by atoms with Gasteiger partial charge in [-0.2, -0.15) is 0 Å². The number of hydrogen-bond donors (Lipinski definition) is 2. The molecule has 0 bridgehead atoms. The van der Waals surface area contributed by atoms with Crippen LogP contribution in [0, 0.1) is 17.3 Å². The number of aliphatic hydroxyl groups is 1. The normalized spacial score (nSPS) is 19.2. The Morgan fingerprint density at radius 3 is 1.85 bits per heavy atom. The molecule has 0 aromatic rings. The van der Waals surface area contributed by atoms with Gasteiger partial charge in [0.1, 0.15) is 0 Å². The predicted octanol–water partition coefficient (Wildman–Crippen LogP) is 1.75. The Morgan fingerprint density at radius 1 is 1.23 bits per heavy atom. The lowest BCUT2D eigenvalue weighted by Gasteiger charge is -2.33. The van der Waals surface area contributed by atoms with Gasteiger partial charge in [0.2, 0.25) is 0 Å². The highest BCUT2D eigenvalue weighted by atomic mass is 16.4. The zero-order chi connectivity index (χ0) is 10.8. The fraction of sp³-hybridized carbons (Fsp3) is 0.900. The number of aliphatic hydroxyl groups excluding tert-OH is 1. The molecule has 0 aliphatic rings. The highest BCUT2D eigenvalue weighted by Crippen LogP contribution is 2.31. The van der Waals surface area contributed by atoms with E-state index in [-0.39, 0.29) is 11.3 Å². The third-order valence-electron chi connectivity index (χ3n) is 2.78. The molecular weight excluding hydrogens is 168 g/mol. The molecular formula is C10H20O3. The van der Waals surface area contributed by atoms with E-state index in [1.807, 2.05) is 27.7 Å². The van der Waals surface area contributed by atoms with E-state index in [1.54, 1.807) is 0 Å². The lowest BCUT2D eigenvalue weighted by atomic mass is 9.75. The molecule has 3 unspecified atom stereocenters. The summed E-state index contributed by atoms with van der Waals surface area (Å²) in [6.07, 6.45) is -0.780. The Kier molecular flexibility index (Phi) is 3.91. The van der Waals surface area contributed by atoms with Crippen LogP contribution in [0.5, 0.6) is 0 Å². The third kappa shape index (κ3) is 3.35. The van der Waals surface area contributed by atoms with Gasteiger partial charge in [-0.05, 0) is 18.3 Å². The fourth-order valence-corrected chi connectivity index (χ4v) is 1.09. The highest BCUT2D eigenvalue weighted by Gasteiger charge is 2.33. The summed E-state index contributed by atoms with van der Waals surface area (Å²) in [6.45, 7) is 9.40. The topological polar surface area (TPSA) is 57.5 Å². The van der Waals surface area contributed by atoms with Crippen LogP contribution in [0.1, 0.15) is 34.6 Å². The second-order valence-corrected chi connectivity index (χ2v) is 4.77. The molecule has 13 heavy (non-hydrogen) atoms. The molecule has 2 N–H and O–H groups in total. The van der Waals surface area contributed by atoms with Gasteiger partial charge in [-0.15, -0.1) is 0 Å². The van der Waals surface area contributed by atoms with Gasteiger partial charge in [0, 0.05) is 0 Å². The van der Waals surface area contributed by atoms with Gasteiger partial charge in [-0.3, -0.25) is 4.79 Å². The van der Waals surface area contributed by atoms with Crippen LogP contribution < -0.4 is 0 Å². The van der Waals surface area contributed by atoms with Crippen LogP contribution >= 0.6 is 0 Å². The molecule has 0 saturated heterocycles. The van der Waals surface area contributed by atoms with Gasteiger partial charge in [0.05, 0.1) is 12.0 Å². The van der Waals surface area contributed by atoms with Gasteiger partial charge < -0.3 is 10.2 Å². The second-order valence-electron chi connectivity index (χ2n) is 4.77. The standard InChI is InChI=1S/C10H20O3/c1-6(9(12)13)8(11)7(2)10(3,4)5/h6-8,11H,1-5H3,(H,12,13). The van der Waals surface area contributed by atoms with Crippen molar-refractivity contribution in [1.82, 2.24) is 0 Å². The van der Waals surface area contributed by atoms with E-state index in [2.05, 4.69) is 0 Å². The Bertz CT molecular complexity index is 181. The number of carboxylic acid groups (broad SMARTS) is 1. The summed E-state index contributed by atoms with van der Waals surface area (Å²) in [5.41, 5.74) is -0.0663. The van der Waals surface area contributed by atoms with Crippen LogP contribution in [0.15, 0.2) is 0 Å². The van der Waals surface area contributed by atoms with Crippen LogP contribution in [0.3, 0.4) is 0 Å². The Labute approximate surface area is 79.8 Å². The van der Waals surface area contributed by atoms with Crippen LogP contribution in [0.2, 0.25) is 0 Å². The summed E-state index contributed by atoms with van der Waals surface area (Å²) in [5, 5.41) is 18.4. The zero-order valence-electron chi connectivity index (χ0n) is 9.03. The Balaban J connectivity index is 4.42. The molecule has 3 nitrogen and oxygen atoms in total. The fourth-order valence-electron chi connectivity index (χ4n) is 1.09. The zero-order valence-corrected chi connectivity index (χ0v) is 9.03. The van der Waals surface area contributed by atoms with Crippen molar-refractivity contribution in [3.8, 4) is 0 Å². The molecule has 0 rings (SSSR count). The largest absolute Gasteiger partial charge is 0.481 e. The summed E-state index contributed by atoms with van der Waals surface area (Å²) in [4.78, 5) is 10.6. The molecule has 0 aromatic heterocycles. The van der Waals surface area contributed by atoms with Crippen LogP contribution in [0.25, 0.3) is 0 Å². The monoisotopic (exact) mass is 188 g/mol. The highest BCUT2D eigenvalue weighted by molar-refractivity contribution is 5.70. The number of hydrogen-bond acceptors (Lipinski definition) is 2. The van der Waals surface area contributed by atoms with Crippen molar-refractivity contribution in [2.75, 3.05) is 0 Å². The van der Waals surface area contributed by atoms with Crippen molar-refractivity contribution >= 4 is 5.97 Å². The SMILES string of the molecule is CC(C(=O)O)C(O)C(C)C(C)(C)C. The smallest absolute Gasteiger partial charge is 0.308 e. The minimum absolute atomic E-state index is 0.0291. The summed E-state index contributed by atoms with van der Waals surface area (Å²) in [5.74, 6) is -1.67. The van der Waals surface area contributed by atoms with E-state index in [0.717, 1.165) is 0 Å². The molecule has 0 aliphatic carbocycles. The molecule has 0 spiro atoms. The molecule has 0 amide bonds. The Hall–Kier alpha value is -0.570. The van der Waals surface area contributed by atoms with Crippen LogP contribution in [-0.4, -0.2) is 22.3 Å². The third-order valence-corrected chi connectivity index (χ3v) is 2.78. The number of aliphatic carboxylic acids is 1. The molecule has 0 fully saturated rings. The molecule has 0 aromatic carbocycles. The first-order valence-electron chi connectivity index (χ1n) is 4.58. The van der Waals surface area contributed by atoms with Gasteiger partial charge in [-0.1, -0.05) is 27.7 Å². The van der Waals surface area contributed by atoms with Gasteiger partial charge >= 0.3 is 5.97 Å². The first-order chi connectivity index (χ1) is 5.68. The summed E-state index contributed by atoms with van der Waals surface area (Å²) in [6, 6.07) is 0. The van der Waals surface area contributed by atoms with Crippen molar-refractivity contribution in [2.45, 2.75) is 40.7 Å². The maximum atomic E-state index is 10.6. The van der Waals surface area contributed by atoms with Crippen LogP contribution in [0.4, 0.5) is 0 Å². The van der Waals surface area contributed by atoms with Crippen molar-refractivity contribution in [2.24, 2.45) is 17.3 Å². The first-order valence-corrected chi connectivity index (χ1v) is 4.58. The maximum absolute atomic E-state index is 10.6. The van der Waals surface area contributed by atoms with E-state index >= 15 is 0 Å². The first kappa shape index (κ1) is 12.4. The van der Waals surface area contributed by atoms with Crippen molar-refractivity contribution < 1.29 is 15.0 Å². The molecule has 78 valence electrons. The summed E-state index contributed by atoms with van der Waals surface area (Å²) < 4.78 is 0. The number of rotatable bonds is 3. The van der Waals surface area contributed by atoms with Crippen molar-refractivity contribution in [1.29, 1.82) is 0 Å². The van der Waals surface area contributed by atoms with Gasteiger partial charge in [0.25, 0.3) is 0 Å². The summed E-state index contributed by atoms with van der Waals surface area (Å²) in [7, 11) is 0. The van der Waals surface area contributed by atoms with Gasteiger partial charge in [-0.25, -0.2) is 0 Å². The van der Waals surface area contributed by atoms with E-state index in [4.69, 9.17) is 5.11 Å². The summed E-state index contributed by atoms with van der Waals surface area (Å²) >= 11 is 0. The van der Waals surface area contributed by atoms with Crippen molar-refractivity contribution in [3.05, 3.63) is 0 Å². The molecule has 3 heteroatoms. The average molecular weight is 188 g/mol. The van der Waals surface area contributed by atoms with E-state index in [9.17, 15) is 9.90 Å². The molecule has 0 aliphatic heterocycles. The maximum Gasteiger partial charge on any atom is 0.308 e. The minimum atomic E-state index is -0.941. The number of carboxylic acids is 1. The minimum Gasteiger partial charge on any atom is -0.481 e. The van der Waals surface area contributed by atoms with E-state index in [0.29, 0.717) is 0 Å². The quantitative estimate of drug-likeness (QED) is 0.709. The van der Waals surface area contributed by atoms with E-state index in [1.165, 1.54) is 6.92 Å². The molecule has 0 heterocycles. The second kappa shape index (κ2) is 4.09. The lowest BCUT2D eigenvalue weighted by Crippen LogP contribution is -2.37. The van der Waals surface area contributed by atoms with Gasteiger partial charge in [0.15, 0.2) is 0 Å². The lowest BCUT2D eigenvalue weighted by molar-refractivity contribution is -0.147. The molecule has 3 atom stereocenters. The molecule has 0 saturated carbocycles.